The van der Waals surface area contributed by atoms with Crippen molar-refractivity contribution in [2.75, 3.05) is 13.1 Å². The molecular formula is C8H12BrNO. The zero-order chi connectivity index (χ0) is 7.84. The van der Waals surface area contributed by atoms with E-state index in [1.807, 2.05) is 0 Å². The second-order valence-corrected chi connectivity index (χ2v) is 4.41. The van der Waals surface area contributed by atoms with Crippen molar-refractivity contribution in [3.8, 4) is 0 Å². The summed E-state index contributed by atoms with van der Waals surface area (Å²) in [6.45, 7) is 1.99. The molecule has 62 valence electrons. The molecule has 0 aromatic rings. The van der Waals surface area contributed by atoms with Crippen molar-refractivity contribution in [3.63, 3.8) is 0 Å². The van der Waals surface area contributed by atoms with Crippen molar-refractivity contribution < 1.29 is 5.11 Å². The molecule has 3 atom stereocenters. The number of aliphatic hydroxyl groups excluding tert-OH is 1. The maximum absolute atomic E-state index is 9.67. The highest BCUT2D eigenvalue weighted by Gasteiger charge is 2.38. The van der Waals surface area contributed by atoms with E-state index in [4.69, 9.17) is 0 Å². The fourth-order valence-corrected chi connectivity index (χ4v) is 2.59. The van der Waals surface area contributed by atoms with Crippen LogP contribution in [-0.2, 0) is 0 Å². The fraction of sp³-hybridized carbons (Fsp3) is 0.750. The van der Waals surface area contributed by atoms with E-state index in [0.717, 1.165) is 19.5 Å². The predicted molar refractivity (Wildman–Crippen MR) is 47.8 cm³/mol. The summed E-state index contributed by atoms with van der Waals surface area (Å²) < 4.78 is 0. The smallest absolute Gasteiger partial charge is 0.0835 e. The third-order valence-electron chi connectivity index (χ3n) is 2.53. The molecule has 2 nitrogen and oxygen atoms in total. The van der Waals surface area contributed by atoms with E-state index in [1.165, 1.54) is 0 Å². The van der Waals surface area contributed by atoms with Gasteiger partial charge in [-0.1, -0.05) is 28.1 Å². The standard InChI is InChI=1S/C8H12BrNO/c9-6-5-10-4-2-1-3-7(10)8(6)11/h1-2,6-8,11H,3-5H2/t6-,7-,8+/m0/s1. The average molecular weight is 218 g/mol. The molecule has 0 amide bonds. The van der Waals surface area contributed by atoms with Crippen molar-refractivity contribution in [1.82, 2.24) is 4.90 Å². The van der Waals surface area contributed by atoms with Gasteiger partial charge >= 0.3 is 0 Å². The summed E-state index contributed by atoms with van der Waals surface area (Å²) in [5.74, 6) is 0. The van der Waals surface area contributed by atoms with E-state index in [-0.39, 0.29) is 10.9 Å². The quantitative estimate of drug-likeness (QED) is 0.479. The number of fused-ring (bicyclic) bond motifs is 1. The van der Waals surface area contributed by atoms with Crippen molar-refractivity contribution >= 4 is 15.9 Å². The van der Waals surface area contributed by atoms with Gasteiger partial charge in [-0.3, -0.25) is 4.90 Å². The Morgan fingerprint density at radius 2 is 2.27 bits per heavy atom. The number of alkyl halides is 1. The van der Waals surface area contributed by atoms with Gasteiger partial charge in [-0.2, -0.15) is 0 Å². The molecule has 11 heavy (non-hydrogen) atoms. The minimum Gasteiger partial charge on any atom is -0.390 e. The predicted octanol–water partition coefficient (Wildman–Crippen LogP) is 0.755. The molecule has 3 heteroatoms. The summed E-state index contributed by atoms with van der Waals surface area (Å²) in [6, 6.07) is 0.365. The van der Waals surface area contributed by atoms with E-state index in [2.05, 4.69) is 33.0 Å². The lowest BCUT2D eigenvalue weighted by Crippen LogP contribution is -2.37. The van der Waals surface area contributed by atoms with Gasteiger partial charge in [0.25, 0.3) is 0 Å². The highest BCUT2D eigenvalue weighted by molar-refractivity contribution is 9.09. The van der Waals surface area contributed by atoms with Gasteiger partial charge in [-0.25, -0.2) is 0 Å². The van der Waals surface area contributed by atoms with Crippen LogP contribution in [0.5, 0.6) is 0 Å². The zero-order valence-electron chi connectivity index (χ0n) is 6.28. The Balaban J connectivity index is 2.12. The minimum atomic E-state index is -0.181. The first-order valence-corrected chi connectivity index (χ1v) is 4.92. The van der Waals surface area contributed by atoms with Crippen molar-refractivity contribution in [2.24, 2.45) is 0 Å². The number of nitrogens with zero attached hydrogens (tertiary/aromatic N) is 1. The third kappa shape index (κ3) is 1.25. The highest BCUT2D eigenvalue weighted by Crippen LogP contribution is 2.28. The molecular weight excluding hydrogens is 206 g/mol. The van der Waals surface area contributed by atoms with Crippen LogP contribution in [0.4, 0.5) is 0 Å². The number of aliphatic hydroxyl groups is 1. The lowest BCUT2D eigenvalue weighted by atomic mass is 10.1. The molecule has 0 saturated carbocycles. The third-order valence-corrected chi connectivity index (χ3v) is 3.36. The van der Waals surface area contributed by atoms with Crippen LogP contribution < -0.4 is 0 Å². The van der Waals surface area contributed by atoms with E-state index < -0.39 is 0 Å². The molecule has 2 aliphatic heterocycles. The highest BCUT2D eigenvalue weighted by atomic mass is 79.9. The van der Waals surface area contributed by atoms with Gasteiger partial charge in [0, 0.05) is 19.1 Å². The molecule has 1 saturated heterocycles. The van der Waals surface area contributed by atoms with Crippen LogP contribution in [0.25, 0.3) is 0 Å². The first-order chi connectivity index (χ1) is 5.29. The first kappa shape index (κ1) is 7.77. The molecule has 0 aromatic carbocycles. The molecule has 0 spiro atoms. The number of hydrogen-bond donors (Lipinski definition) is 1. The summed E-state index contributed by atoms with van der Waals surface area (Å²) >= 11 is 3.47. The van der Waals surface area contributed by atoms with Crippen LogP contribution in [0.1, 0.15) is 6.42 Å². The Labute approximate surface area is 75.0 Å². The maximum Gasteiger partial charge on any atom is 0.0835 e. The van der Waals surface area contributed by atoms with E-state index in [0.29, 0.717) is 6.04 Å². The molecule has 1 fully saturated rings. The Bertz CT molecular complexity index is 183. The molecule has 2 rings (SSSR count). The maximum atomic E-state index is 9.67. The van der Waals surface area contributed by atoms with Crippen molar-refractivity contribution in [2.45, 2.75) is 23.4 Å². The molecule has 0 aliphatic carbocycles. The van der Waals surface area contributed by atoms with Crippen molar-refractivity contribution in [3.05, 3.63) is 12.2 Å². The summed E-state index contributed by atoms with van der Waals surface area (Å²) in [6.07, 6.45) is 5.16. The summed E-state index contributed by atoms with van der Waals surface area (Å²) in [5, 5.41) is 9.67. The normalized spacial score (nSPS) is 44.4. The summed E-state index contributed by atoms with van der Waals surface area (Å²) in [4.78, 5) is 2.59. The Morgan fingerprint density at radius 3 is 3.00 bits per heavy atom. The van der Waals surface area contributed by atoms with Crippen LogP contribution in [-0.4, -0.2) is 40.1 Å². The van der Waals surface area contributed by atoms with E-state index >= 15 is 0 Å². The van der Waals surface area contributed by atoms with Crippen LogP contribution in [0, 0.1) is 0 Å². The molecule has 0 aromatic heterocycles. The van der Waals surface area contributed by atoms with Crippen LogP contribution in [0.3, 0.4) is 0 Å². The van der Waals surface area contributed by atoms with Crippen molar-refractivity contribution in [1.29, 1.82) is 0 Å². The van der Waals surface area contributed by atoms with Gasteiger partial charge in [0.05, 0.1) is 10.9 Å². The number of halogens is 1. The second kappa shape index (κ2) is 2.88. The first-order valence-electron chi connectivity index (χ1n) is 4.00. The van der Waals surface area contributed by atoms with E-state index in [1.54, 1.807) is 0 Å². The van der Waals surface area contributed by atoms with Gasteiger partial charge in [-0.15, -0.1) is 0 Å². The summed E-state index contributed by atoms with van der Waals surface area (Å²) in [5.41, 5.74) is 0. The minimum absolute atomic E-state index is 0.181. The number of rotatable bonds is 0. The average Bonchev–Trinajstić information content (AvgIpc) is 2.30. The second-order valence-electron chi connectivity index (χ2n) is 3.23. The van der Waals surface area contributed by atoms with Gasteiger partial charge < -0.3 is 5.11 Å². The van der Waals surface area contributed by atoms with Gasteiger partial charge in [0.1, 0.15) is 0 Å². The molecule has 2 heterocycles. The van der Waals surface area contributed by atoms with Crippen LogP contribution in [0.2, 0.25) is 0 Å². The van der Waals surface area contributed by atoms with Gasteiger partial charge in [0.2, 0.25) is 0 Å². The Morgan fingerprint density at radius 1 is 1.45 bits per heavy atom. The zero-order valence-corrected chi connectivity index (χ0v) is 7.87. The molecule has 2 aliphatic rings. The lowest BCUT2D eigenvalue weighted by molar-refractivity contribution is 0.121. The molecule has 0 radical (unpaired) electrons. The van der Waals surface area contributed by atoms with Gasteiger partial charge in [-0.05, 0) is 6.42 Å². The number of hydrogen-bond acceptors (Lipinski definition) is 2. The largest absolute Gasteiger partial charge is 0.390 e. The lowest BCUT2D eigenvalue weighted by Gasteiger charge is -2.26. The molecule has 0 bridgehead atoms. The molecule has 0 unspecified atom stereocenters. The van der Waals surface area contributed by atoms with E-state index in [9.17, 15) is 5.11 Å². The topological polar surface area (TPSA) is 23.5 Å². The van der Waals surface area contributed by atoms with Crippen LogP contribution in [0.15, 0.2) is 12.2 Å². The Hall–Kier alpha value is 0.140. The van der Waals surface area contributed by atoms with Gasteiger partial charge in [0.15, 0.2) is 0 Å². The van der Waals surface area contributed by atoms with Crippen LogP contribution >= 0.6 is 15.9 Å². The fourth-order valence-electron chi connectivity index (χ4n) is 1.87. The molecule has 1 N–H and O–H groups in total. The SMILES string of the molecule is O[C@@H]1[C@@H](Br)CN2CC=CC[C@@H]12. The monoisotopic (exact) mass is 217 g/mol. The Kier molecular flexibility index (Phi) is 2.04. The summed E-state index contributed by atoms with van der Waals surface area (Å²) in [7, 11) is 0.